The Morgan fingerprint density at radius 3 is 2.44 bits per heavy atom. The first-order chi connectivity index (χ1) is 18.9. The van der Waals surface area contributed by atoms with Gasteiger partial charge in [0.15, 0.2) is 5.78 Å². The minimum Gasteiger partial charge on any atom is -0.325 e. The van der Waals surface area contributed by atoms with E-state index >= 15 is 0 Å². The minimum atomic E-state index is -0.532. The van der Waals surface area contributed by atoms with Crippen molar-refractivity contribution in [2.24, 2.45) is 0 Å². The summed E-state index contributed by atoms with van der Waals surface area (Å²) in [5.41, 5.74) is 3.01. The van der Waals surface area contributed by atoms with Gasteiger partial charge in [-0.3, -0.25) is 24.1 Å². The zero-order valence-electron chi connectivity index (χ0n) is 20.3. The second kappa shape index (κ2) is 11.5. The lowest BCUT2D eigenvalue weighted by Gasteiger charge is -2.12. The summed E-state index contributed by atoms with van der Waals surface area (Å²) in [5.74, 6) is -1.30. The Kier molecular flexibility index (Phi) is 7.67. The Morgan fingerprint density at radius 2 is 1.67 bits per heavy atom. The van der Waals surface area contributed by atoms with Gasteiger partial charge in [-0.1, -0.05) is 60.1 Å². The fraction of sp³-hybridized carbons (Fsp3) is 0.0333. The van der Waals surface area contributed by atoms with Gasteiger partial charge in [-0.25, -0.2) is 4.98 Å². The summed E-state index contributed by atoms with van der Waals surface area (Å²) in [6, 6.07) is 24.9. The van der Waals surface area contributed by atoms with Gasteiger partial charge < -0.3 is 5.32 Å². The second-order valence-corrected chi connectivity index (χ2v) is 9.91. The van der Waals surface area contributed by atoms with Gasteiger partial charge in [-0.2, -0.15) is 0 Å². The number of rotatable bonds is 7. The first-order valence-corrected chi connectivity index (χ1v) is 13.0. The van der Waals surface area contributed by atoms with Gasteiger partial charge in [0, 0.05) is 22.2 Å². The van der Waals surface area contributed by atoms with E-state index in [0.717, 1.165) is 33.1 Å². The highest BCUT2D eigenvalue weighted by atomic mass is 35.5. The number of carbonyl (C=O) groups is 4. The van der Waals surface area contributed by atoms with Gasteiger partial charge in [-0.05, 0) is 72.0 Å². The van der Waals surface area contributed by atoms with Gasteiger partial charge in [-0.15, -0.1) is 0 Å². The Morgan fingerprint density at radius 1 is 0.949 bits per heavy atom. The number of imide groups is 1. The molecular formula is C30H20ClN3O4S. The molecule has 4 aromatic rings. The molecule has 0 aliphatic carbocycles. The molecule has 0 saturated carbocycles. The number of ketones is 1. The number of allylic oxidation sites excluding steroid dienone is 1. The molecule has 1 aliphatic rings. The molecule has 0 spiro atoms. The van der Waals surface area contributed by atoms with Crippen LogP contribution in [0, 0.1) is 0 Å². The van der Waals surface area contributed by atoms with Crippen molar-refractivity contribution in [3.63, 3.8) is 0 Å². The fourth-order valence-corrected chi connectivity index (χ4v) is 4.93. The van der Waals surface area contributed by atoms with Crippen LogP contribution in [0.25, 0.3) is 23.1 Å². The monoisotopic (exact) mass is 553 g/mol. The number of para-hydroxylation sites is 1. The smallest absolute Gasteiger partial charge is 0.294 e. The quantitative estimate of drug-likeness (QED) is 0.160. The maximum atomic E-state index is 12.7. The summed E-state index contributed by atoms with van der Waals surface area (Å²) in [6.07, 6.45) is 4.65. The maximum absolute atomic E-state index is 12.7. The summed E-state index contributed by atoms with van der Waals surface area (Å²) in [6.45, 7) is -0.416. The molecule has 7 nitrogen and oxygen atoms in total. The zero-order valence-corrected chi connectivity index (χ0v) is 21.9. The summed E-state index contributed by atoms with van der Waals surface area (Å²) in [4.78, 5) is 55.7. The van der Waals surface area contributed by atoms with E-state index in [-0.39, 0.29) is 10.7 Å². The summed E-state index contributed by atoms with van der Waals surface area (Å²) in [7, 11) is 0. The number of fused-ring (bicyclic) bond motifs is 1. The normalized spacial score (nSPS) is 14.5. The van der Waals surface area contributed by atoms with Crippen molar-refractivity contribution in [3.8, 4) is 0 Å². The molecule has 3 aromatic carbocycles. The molecule has 39 heavy (non-hydrogen) atoms. The standard InChI is InChI=1S/C30H20ClN3O4S/c31-28-22(17-21-8-4-5-9-24(21)33-28)12-15-25(35)20-10-13-23(14-11-20)32-27(36)18-34-29(37)26(39-30(34)38)16-19-6-2-1-3-7-19/h1-17H,18H2,(H,32,36)/b15-12+,26-16-. The third-order valence-electron chi connectivity index (χ3n) is 5.84. The van der Waals surface area contributed by atoms with Crippen LogP contribution in [-0.4, -0.2) is 39.3 Å². The predicted molar refractivity (Wildman–Crippen MR) is 154 cm³/mol. The number of thioether (sulfide) groups is 1. The molecule has 1 aromatic heterocycles. The number of aromatic nitrogens is 1. The number of amides is 3. The van der Waals surface area contributed by atoms with Crippen LogP contribution in [0.3, 0.4) is 0 Å². The molecule has 1 fully saturated rings. The fourth-order valence-electron chi connectivity index (χ4n) is 3.89. The third kappa shape index (κ3) is 6.14. The molecule has 0 radical (unpaired) electrons. The Hall–Kier alpha value is -4.53. The van der Waals surface area contributed by atoms with Crippen LogP contribution in [0.5, 0.6) is 0 Å². The van der Waals surface area contributed by atoms with Crippen molar-refractivity contribution in [3.05, 3.63) is 118 Å². The van der Waals surface area contributed by atoms with E-state index in [4.69, 9.17) is 11.6 Å². The Labute approximate surface area is 233 Å². The van der Waals surface area contributed by atoms with Gasteiger partial charge in [0.2, 0.25) is 5.91 Å². The zero-order chi connectivity index (χ0) is 27.4. The van der Waals surface area contributed by atoms with E-state index < -0.39 is 23.6 Å². The molecule has 1 N–H and O–H groups in total. The van der Waals surface area contributed by atoms with Crippen LogP contribution in [0.15, 0.2) is 95.9 Å². The van der Waals surface area contributed by atoms with Crippen LogP contribution < -0.4 is 5.32 Å². The van der Waals surface area contributed by atoms with Gasteiger partial charge in [0.1, 0.15) is 11.7 Å². The van der Waals surface area contributed by atoms with E-state index in [1.54, 1.807) is 36.4 Å². The number of nitrogens with one attached hydrogen (secondary N) is 1. The van der Waals surface area contributed by atoms with E-state index in [1.807, 2.05) is 60.7 Å². The predicted octanol–water partition coefficient (Wildman–Crippen LogP) is 6.46. The number of pyridine rings is 1. The first kappa shape index (κ1) is 26.1. The largest absolute Gasteiger partial charge is 0.325 e. The summed E-state index contributed by atoms with van der Waals surface area (Å²) >= 11 is 7.06. The third-order valence-corrected chi connectivity index (χ3v) is 7.05. The van der Waals surface area contributed by atoms with E-state index in [2.05, 4.69) is 10.3 Å². The van der Waals surface area contributed by atoms with Crippen molar-refractivity contribution in [1.29, 1.82) is 0 Å². The van der Waals surface area contributed by atoms with Crippen LogP contribution in [0.1, 0.15) is 21.5 Å². The Balaban J connectivity index is 1.19. The van der Waals surface area contributed by atoms with E-state index in [1.165, 1.54) is 6.08 Å². The molecular weight excluding hydrogens is 534 g/mol. The average molecular weight is 554 g/mol. The Bertz CT molecular complexity index is 1670. The van der Waals surface area contributed by atoms with Gasteiger partial charge >= 0.3 is 0 Å². The number of carbonyl (C=O) groups excluding carboxylic acids is 4. The number of hydrogen-bond acceptors (Lipinski definition) is 6. The highest BCUT2D eigenvalue weighted by molar-refractivity contribution is 8.18. The highest BCUT2D eigenvalue weighted by Gasteiger charge is 2.36. The SMILES string of the molecule is O=C(CN1C(=O)S/C(=C\c2ccccc2)C1=O)Nc1ccc(C(=O)/C=C/c2cc3ccccc3nc2Cl)cc1. The van der Waals surface area contributed by atoms with E-state index in [9.17, 15) is 19.2 Å². The average Bonchev–Trinajstić information content (AvgIpc) is 3.19. The lowest BCUT2D eigenvalue weighted by Crippen LogP contribution is -2.36. The second-order valence-electron chi connectivity index (χ2n) is 8.56. The van der Waals surface area contributed by atoms with Crippen molar-refractivity contribution in [2.45, 2.75) is 0 Å². The molecule has 5 rings (SSSR count). The minimum absolute atomic E-state index is 0.250. The number of anilines is 1. The molecule has 0 unspecified atom stereocenters. The summed E-state index contributed by atoms with van der Waals surface area (Å²) in [5, 5.41) is 3.36. The number of halogens is 1. The van der Waals surface area contributed by atoms with Gasteiger partial charge in [0.25, 0.3) is 11.1 Å². The lowest BCUT2D eigenvalue weighted by atomic mass is 10.1. The maximum Gasteiger partial charge on any atom is 0.294 e. The molecule has 1 saturated heterocycles. The van der Waals surface area contributed by atoms with Crippen molar-refractivity contribution >= 4 is 74.9 Å². The van der Waals surface area contributed by atoms with Crippen molar-refractivity contribution < 1.29 is 19.2 Å². The molecule has 1 aliphatic heterocycles. The van der Waals surface area contributed by atoms with Crippen molar-refractivity contribution in [2.75, 3.05) is 11.9 Å². The van der Waals surface area contributed by atoms with Crippen LogP contribution in [0.4, 0.5) is 10.5 Å². The highest BCUT2D eigenvalue weighted by Crippen LogP contribution is 2.32. The number of hydrogen-bond donors (Lipinski definition) is 1. The number of benzene rings is 3. The topological polar surface area (TPSA) is 96.4 Å². The van der Waals surface area contributed by atoms with Gasteiger partial charge in [0.05, 0.1) is 10.4 Å². The van der Waals surface area contributed by atoms with Crippen LogP contribution in [-0.2, 0) is 9.59 Å². The molecule has 2 heterocycles. The van der Waals surface area contributed by atoms with Crippen LogP contribution >= 0.6 is 23.4 Å². The molecule has 0 atom stereocenters. The first-order valence-electron chi connectivity index (χ1n) is 11.9. The molecule has 0 bridgehead atoms. The summed E-state index contributed by atoms with van der Waals surface area (Å²) < 4.78 is 0. The molecule has 9 heteroatoms. The molecule has 3 amide bonds. The van der Waals surface area contributed by atoms with Crippen LogP contribution in [0.2, 0.25) is 5.15 Å². The molecule has 192 valence electrons. The lowest BCUT2D eigenvalue weighted by molar-refractivity contribution is -0.127. The van der Waals surface area contributed by atoms with E-state index in [0.29, 0.717) is 22.0 Å². The number of nitrogens with zero attached hydrogens (tertiary/aromatic N) is 2. The van der Waals surface area contributed by atoms with Crippen molar-refractivity contribution in [1.82, 2.24) is 9.88 Å².